The van der Waals surface area contributed by atoms with Crippen molar-refractivity contribution in [3.05, 3.63) is 0 Å². The van der Waals surface area contributed by atoms with Gasteiger partial charge < -0.3 is 25.0 Å². The summed E-state index contributed by atoms with van der Waals surface area (Å²) in [7, 11) is 1.52. The number of nitrogens with one attached hydrogen (secondary N) is 1. The minimum atomic E-state index is -0.694. The molecule has 1 rings (SSSR count). The van der Waals surface area contributed by atoms with Crippen LogP contribution in [0, 0.1) is 0 Å². The molecule has 0 aromatic heterocycles. The fourth-order valence-corrected chi connectivity index (χ4v) is 2.28. The molecule has 0 bridgehead atoms. The van der Waals surface area contributed by atoms with E-state index in [2.05, 4.69) is 5.32 Å². The molecule has 0 amide bonds. The zero-order chi connectivity index (χ0) is 13.2. The Kier molecular flexibility index (Phi) is 4.92. The van der Waals surface area contributed by atoms with Gasteiger partial charge in [-0.2, -0.15) is 0 Å². The highest BCUT2D eigenvalue weighted by Crippen LogP contribution is 2.24. The lowest BCUT2D eigenvalue weighted by Crippen LogP contribution is -2.65. The summed E-state index contributed by atoms with van der Waals surface area (Å²) in [5, 5.41) is 22.8. The predicted octanol–water partition coefficient (Wildman–Crippen LogP) is -0.101. The molecule has 0 aliphatic carbocycles. The lowest BCUT2D eigenvalue weighted by molar-refractivity contribution is -0.201. The van der Waals surface area contributed by atoms with Crippen molar-refractivity contribution in [1.82, 2.24) is 5.32 Å². The van der Waals surface area contributed by atoms with E-state index in [0.717, 1.165) is 0 Å². The van der Waals surface area contributed by atoms with E-state index in [0.29, 0.717) is 0 Å². The minimum absolute atomic E-state index is 0.117. The molecular formula is C12H25NO4. The van der Waals surface area contributed by atoms with Crippen molar-refractivity contribution < 1.29 is 19.7 Å². The Balaban J connectivity index is 2.78. The molecule has 102 valence electrons. The summed E-state index contributed by atoms with van der Waals surface area (Å²) < 4.78 is 10.9. The lowest BCUT2D eigenvalue weighted by Gasteiger charge is -2.45. The van der Waals surface area contributed by atoms with Crippen LogP contribution in [0.1, 0.15) is 27.7 Å². The van der Waals surface area contributed by atoms with E-state index in [4.69, 9.17) is 9.47 Å². The maximum absolute atomic E-state index is 10.3. The SMILES string of the molecule is CO[C@@H]1C(CO)O[C@@H](C)C(NC(C)(C)C)[C@H]1O. The van der Waals surface area contributed by atoms with Crippen LogP contribution in [0.3, 0.4) is 0 Å². The Morgan fingerprint density at radius 1 is 1.35 bits per heavy atom. The monoisotopic (exact) mass is 247 g/mol. The highest BCUT2D eigenvalue weighted by atomic mass is 16.6. The standard InChI is InChI=1S/C12H25NO4/c1-7-9(13-12(2,3)4)10(15)11(16-5)8(6-14)17-7/h7-11,13-15H,6H2,1-5H3/t7-,8?,9?,10+,11+/m0/s1. The normalized spacial score (nSPS) is 39.4. The summed E-state index contributed by atoms with van der Waals surface area (Å²) in [6, 6.07) is -0.206. The van der Waals surface area contributed by atoms with E-state index in [1.165, 1.54) is 7.11 Å². The summed E-state index contributed by atoms with van der Waals surface area (Å²) in [6.45, 7) is 7.84. The molecule has 5 atom stereocenters. The summed E-state index contributed by atoms with van der Waals surface area (Å²) in [6.07, 6.45) is -1.84. The molecule has 17 heavy (non-hydrogen) atoms. The van der Waals surface area contributed by atoms with Crippen molar-refractivity contribution in [1.29, 1.82) is 0 Å². The van der Waals surface area contributed by atoms with E-state index < -0.39 is 18.3 Å². The molecule has 0 saturated carbocycles. The quantitative estimate of drug-likeness (QED) is 0.649. The Hall–Kier alpha value is -0.200. The van der Waals surface area contributed by atoms with Gasteiger partial charge in [-0.05, 0) is 27.7 Å². The molecule has 5 heteroatoms. The number of aliphatic hydroxyl groups is 2. The van der Waals surface area contributed by atoms with Crippen molar-refractivity contribution >= 4 is 0 Å². The Labute approximate surface area is 103 Å². The van der Waals surface area contributed by atoms with Gasteiger partial charge >= 0.3 is 0 Å². The van der Waals surface area contributed by atoms with Crippen LogP contribution in [0.4, 0.5) is 0 Å². The number of methoxy groups -OCH3 is 1. The van der Waals surface area contributed by atoms with E-state index in [-0.39, 0.29) is 24.3 Å². The maximum atomic E-state index is 10.3. The smallest absolute Gasteiger partial charge is 0.113 e. The first-order valence-electron chi connectivity index (χ1n) is 6.05. The van der Waals surface area contributed by atoms with Crippen LogP contribution < -0.4 is 5.32 Å². The second-order valence-corrected chi connectivity index (χ2v) is 5.67. The molecule has 1 heterocycles. The van der Waals surface area contributed by atoms with Gasteiger partial charge in [0, 0.05) is 12.6 Å². The Morgan fingerprint density at radius 2 is 1.94 bits per heavy atom. The topological polar surface area (TPSA) is 71.0 Å². The van der Waals surface area contributed by atoms with Crippen LogP contribution in [0.5, 0.6) is 0 Å². The average Bonchev–Trinajstić information content (AvgIpc) is 2.22. The second kappa shape index (κ2) is 5.63. The van der Waals surface area contributed by atoms with Crippen molar-refractivity contribution in [2.45, 2.75) is 63.7 Å². The van der Waals surface area contributed by atoms with Crippen molar-refractivity contribution in [3.63, 3.8) is 0 Å². The Morgan fingerprint density at radius 3 is 2.35 bits per heavy atom. The van der Waals surface area contributed by atoms with Crippen molar-refractivity contribution in [2.75, 3.05) is 13.7 Å². The summed E-state index contributed by atoms with van der Waals surface area (Å²) >= 11 is 0. The zero-order valence-electron chi connectivity index (χ0n) is 11.3. The van der Waals surface area contributed by atoms with Crippen LogP contribution in [0.15, 0.2) is 0 Å². The number of rotatable bonds is 3. The number of aliphatic hydroxyl groups excluding tert-OH is 2. The third-order valence-electron chi connectivity index (χ3n) is 3.02. The van der Waals surface area contributed by atoms with Gasteiger partial charge in [0.15, 0.2) is 0 Å². The van der Waals surface area contributed by atoms with Crippen LogP contribution in [-0.4, -0.2) is 59.9 Å². The van der Waals surface area contributed by atoms with Gasteiger partial charge in [0.2, 0.25) is 0 Å². The molecule has 1 aliphatic rings. The zero-order valence-corrected chi connectivity index (χ0v) is 11.3. The molecule has 5 nitrogen and oxygen atoms in total. The number of hydrogen-bond acceptors (Lipinski definition) is 5. The van der Waals surface area contributed by atoms with Crippen LogP contribution >= 0.6 is 0 Å². The molecule has 0 aromatic carbocycles. The van der Waals surface area contributed by atoms with Gasteiger partial charge in [-0.1, -0.05) is 0 Å². The fourth-order valence-electron chi connectivity index (χ4n) is 2.28. The highest BCUT2D eigenvalue weighted by Gasteiger charge is 2.44. The third kappa shape index (κ3) is 3.63. The summed E-state index contributed by atoms with van der Waals surface area (Å²) in [5.74, 6) is 0. The molecule has 2 unspecified atom stereocenters. The predicted molar refractivity (Wildman–Crippen MR) is 64.9 cm³/mol. The molecule has 0 spiro atoms. The summed E-state index contributed by atoms with van der Waals surface area (Å²) in [4.78, 5) is 0. The van der Waals surface area contributed by atoms with Crippen LogP contribution in [-0.2, 0) is 9.47 Å². The number of ether oxygens (including phenoxy) is 2. The molecule has 1 aliphatic heterocycles. The van der Waals surface area contributed by atoms with Gasteiger partial charge in [0.1, 0.15) is 18.3 Å². The van der Waals surface area contributed by atoms with Gasteiger partial charge in [-0.25, -0.2) is 0 Å². The first kappa shape index (κ1) is 14.9. The van der Waals surface area contributed by atoms with Crippen LogP contribution in [0.2, 0.25) is 0 Å². The number of hydrogen-bond donors (Lipinski definition) is 3. The third-order valence-corrected chi connectivity index (χ3v) is 3.02. The van der Waals surface area contributed by atoms with E-state index in [1.807, 2.05) is 27.7 Å². The first-order valence-corrected chi connectivity index (χ1v) is 6.05. The van der Waals surface area contributed by atoms with Gasteiger partial charge in [0.05, 0.1) is 18.8 Å². The largest absolute Gasteiger partial charge is 0.394 e. The van der Waals surface area contributed by atoms with E-state index >= 15 is 0 Å². The summed E-state index contributed by atoms with van der Waals surface area (Å²) in [5.41, 5.74) is -0.117. The van der Waals surface area contributed by atoms with Gasteiger partial charge in [-0.15, -0.1) is 0 Å². The second-order valence-electron chi connectivity index (χ2n) is 5.67. The lowest BCUT2D eigenvalue weighted by atomic mass is 9.91. The van der Waals surface area contributed by atoms with E-state index in [9.17, 15) is 10.2 Å². The molecule has 1 fully saturated rings. The molecule has 1 saturated heterocycles. The first-order chi connectivity index (χ1) is 7.80. The fraction of sp³-hybridized carbons (Fsp3) is 1.00. The maximum Gasteiger partial charge on any atom is 0.113 e. The van der Waals surface area contributed by atoms with Gasteiger partial charge in [-0.3, -0.25) is 0 Å². The molecular weight excluding hydrogens is 222 g/mol. The van der Waals surface area contributed by atoms with Crippen LogP contribution in [0.25, 0.3) is 0 Å². The average molecular weight is 247 g/mol. The highest BCUT2D eigenvalue weighted by molar-refractivity contribution is 4.97. The minimum Gasteiger partial charge on any atom is -0.394 e. The molecule has 3 N–H and O–H groups in total. The van der Waals surface area contributed by atoms with Gasteiger partial charge in [0.25, 0.3) is 0 Å². The van der Waals surface area contributed by atoms with Crippen molar-refractivity contribution in [2.24, 2.45) is 0 Å². The van der Waals surface area contributed by atoms with E-state index in [1.54, 1.807) is 0 Å². The molecule has 0 aromatic rings. The molecule has 0 radical (unpaired) electrons. The van der Waals surface area contributed by atoms with Crippen molar-refractivity contribution in [3.8, 4) is 0 Å². The Bertz CT molecular complexity index is 241.